The molecular weight excluding hydrogens is 262 g/mol. The fourth-order valence-corrected chi connectivity index (χ4v) is 2.76. The van der Waals surface area contributed by atoms with Crippen LogP contribution in [0.2, 0.25) is 0 Å². The number of hydrazine groups is 1. The van der Waals surface area contributed by atoms with Crippen LogP contribution in [0.15, 0.2) is 11.2 Å². The topological polar surface area (TPSA) is 76.3 Å². The zero-order chi connectivity index (χ0) is 13.7. The van der Waals surface area contributed by atoms with E-state index in [2.05, 4.69) is 20.3 Å². The quantitative estimate of drug-likeness (QED) is 0.365. The molecule has 0 radical (unpaired) electrons. The minimum absolute atomic E-state index is 0.570. The zero-order valence-corrected chi connectivity index (χ0v) is 12.2. The van der Waals surface area contributed by atoms with E-state index in [1.807, 2.05) is 12.3 Å². The van der Waals surface area contributed by atoms with Crippen molar-refractivity contribution in [3.63, 3.8) is 0 Å². The number of methoxy groups -OCH3 is 1. The van der Waals surface area contributed by atoms with E-state index in [1.165, 1.54) is 18.2 Å². The third kappa shape index (κ3) is 3.71. The van der Waals surface area contributed by atoms with Crippen LogP contribution in [-0.4, -0.2) is 43.0 Å². The average Bonchev–Trinajstić information content (AvgIpc) is 2.47. The van der Waals surface area contributed by atoms with Gasteiger partial charge < -0.3 is 15.1 Å². The first kappa shape index (κ1) is 14.4. The molecule has 1 aliphatic rings. The molecule has 2 rings (SSSR count). The molecule has 1 aromatic rings. The van der Waals surface area contributed by atoms with Gasteiger partial charge in [-0.3, -0.25) is 0 Å². The van der Waals surface area contributed by atoms with Gasteiger partial charge in [0.15, 0.2) is 5.16 Å². The number of nitrogens with one attached hydrogen (secondary N) is 1. The van der Waals surface area contributed by atoms with Crippen molar-refractivity contribution < 1.29 is 4.74 Å². The van der Waals surface area contributed by atoms with Gasteiger partial charge in [0.05, 0.1) is 6.61 Å². The maximum Gasteiger partial charge on any atom is 0.191 e. The maximum atomic E-state index is 5.46. The van der Waals surface area contributed by atoms with Gasteiger partial charge in [-0.05, 0) is 25.0 Å². The molecule has 1 aliphatic heterocycles. The minimum atomic E-state index is 0.570. The summed E-state index contributed by atoms with van der Waals surface area (Å²) in [5.74, 6) is 7.62. The molecule has 1 saturated heterocycles. The normalized spacial score (nSPS) is 19.5. The SMILES string of the molecule is COCC1CCCN(c2cc(NN)nc(SC)n2)C1. The molecule has 3 N–H and O–H groups in total. The van der Waals surface area contributed by atoms with E-state index >= 15 is 0 Å². The van der Waals surface area contributed by atoms with Crippen LogP contribution in [0.5, 0.6) is 0 Å². The highest BCUT2D eigenvalue weighted by Gasteiger charge is 2.21. The summed E-state index contributed by atoms with van der Waals surface area (Å²) < 4.78 is 5.26. The van der Waals surface area contributed by atoms with Crippen molar-refractivity contribution in [2.24, 2.45) is 11.8 Å². The van der Waals surface area contributed by atoms with Crippen LogP contribution in [0.3, 0.4) is 0 Å². The number of piperidine rings is 1. The molecule has 1 aromatic heterocycles. The van der Waals surface area contributed by atoms with Crippen LogP contribution in [0.25, 0.3) is 0 Å². The van der Waals surface area contributed by atoms with E-state index < -0.39 is 0 Å². The summed E-state index contributed by atoms with van der Waals surface area (Å²) in [6, 6.07) is 1.90. The first-order valence-corrected chi connectivity index (χ1v) is 7.63. The summed E-state index contributed by atoms with van der Waals surface area (Å²) >= 11 is 1.52. The summed E-state index contributed by atoms with van der Waals surface area (Å²) in [5, 5.41) is 0.735. The molecule has 0 spiro atoms. The Labute approximate surface area is 118 Å². The second kappa shape index (κ2) is 6.93. The first-order valence-electron chi connectivity index (χ1n) is 6.40. The number of rotatable bonds is 5. The Morgan fingerprint density at radius 2 is 2.42 bits per heavy atom. The molecule has 2 heterocycles. The highest BCUT2D eigenvalue weighted by molar-refractivity contribution is 7.98. The largest absolute Gasteiger partial charge is 0.384 e. The summed E-state index contributed by atoms with van der Waals surface area (Å²) in [6.07, 6.45) is 4.34. The number of nitrogens with two attached hydrogens (primary N) is 1. The second-order valence-electron chi connectivity index (χ2n) is 4.65. The molecule has 0 amide bonds. The molecule has 0 aromatic carbocycles. The van der Waals surface area contributed by atoms with E-state index in [4.69, 9.17) is 10.6 Å². The fraction of sp³-hybridized carbons (Fsp3) is 0.667. The Balaban J connectivity index is 2.15. The summed E-state index contributed by atoms with van der Waals surface area (Å²) in [5.41, 5.74) is 2.60. The lowest BCUT2D eigenvalue weighted by atomic mass is 9.99. The second-order valence-corrected chi connectivity index (χ2v) is 5.43. The lowest BCUT2D eigenvalue weighted by Crippen LogP contribution is -2.37. The smallest absolute Gasteiger partial charge is 0.191 e. The molecule has 0 bridgehead atoms. The molecule has 1 fully saturated rings. The number of nitrogen functional groups attached to an aromatic ring is 1. The van der Waals surface area contributed by atoms with Gasteiger partial charge in [-0.1, -0.05) is 11.8 Å². The third-order valence-corrected chi connectivity index (χ3v) is 3.82. The summed E-state index contributed by atoms with van der Waals surface area (Å²) in [6.45, 7) is 2.80. The lowest BCUT2D eigenvalue weighted by Gasteiger charge is -2.33. The number of anilines is 2. The van der Waals surface area contributed by atoms with Crippen molar-refractivity contribution in [1.82, 2.24) is 9.97 Å². The Hall–Kier alpha value is -1.05. The highest BCUT2D eigenvalue weighted by Crippen LogP contribution is 2.25. The Morgan fingerprint density at radius 3 is 3.11 bits per heavy atom. The molecular formula is C12H21N5OS. The van der Waals surface area contributed by atoms with Crippen molar-refractivity contribution in [3.8, 4) is 0 Å². The van der Waals surface area contributed by atoms with Crippen LogP contribution in [0.4, 0.5) is 11.6 Å². The number of nitrogens with zero attached hydrogens (tertiary/aromatic N) is 3. The highest BCUT2D eigenvalue weighted by atomic mass is 32.2. The predicted octanol–water partition coefficient (Wildman–Crippen LogP) is 1.35. The monoisotopic (exact) mass is 283 g/mol. The van der Waals surface area contributed by atoms with Gasteiger partial charge in [0.25, 0.3) is 0 Å². The Kier molecular flexibility index (Phi) is 5.24. The maximum absolute atomic E-state index is 5.46. The molecule has 1 atom stereocenters. The third-order valence-electron chi connectivity index (χ3n) is 3.27. The minimum Gasteiger partial charge on any atom is -0.384 e. The van der Waals surface area contributed by atoms with Crippen LogP contribution in [-0.2, 0) is 4.74 Å². The van der Waals surface area contributed by atoms with E-state index in [0.717, 1.165) is 37.1 Å². The predicted molar refractivity (Wildman–Crippen MR) is 78.4 cm³/mol. The van der Waals surface area contributed by atoms with Gasteiger partial charge in [0, 0.05) is 26.3 Å². The molecule has 7 heteroatoms. The van der Waals surface area contributed by atoms with Crippen molar-refractivity contribution in [2.75, 3.05) is 43.4 Å². The van der Waals surface area contributed by atoms with Crippen LogP contribution in [0, 0.1) is 5.92 Å². The van der Waals surface area contributed by atoms with Crippen molar-refractivity contribution in [3.05, 3.63) is 6.07 Å². The Bertz CT molecular complexity index is 393. The van der Waals surface area contributed by atoms with Crippen molar-refractivity contribution in [1.29, 1.82) is 0 Å². The van der Waals surface area contributed by atoms with E-state index in [9.17, 15) is 0 Å². The van der Waals surface area contributed by atoms with Gasteiger partial charge in [-0.15, -0.1) is 0 Å². The number of hydrogen-bond acceptors (Lipinski definition) is 7. The van der Waals surface area contributed by atoms with Gasteiger partial charge in [-0.2, -0.15) is 0 Å². The average molecular weight is 283 g/mol. The fourth-order valence-electron chi connectivity index (χ4n) is 2.38. The molecule has 1 unspecified atom stereocenters. The standard InChI is InChI=1S/C12H21N5OS/c1-18-8-9-4-3-5-17(7-9)11-6-10(16-13)14-12(15-11)19-2/h6,9H,3-5,7-8,13H2,1-2H3,(H,14,15,16). The van der Waals surface area contributed by atoms with Crippen LogP contribution in [0.1, 0.15) is 12.8 Å². The lowest BCUT2D eigenvalue weighted by molar-refractivity contribution is 0.143. The van der Waals surface area contributed by atoms with Crippen molar-refractivity contribution in [2.45, 2.75) is 18.0 Å². The molecule has 0 saturated carbocycles. The molecule has 106 valence electrons. The van der Waals surface area contributed by atoms with Gasteiger partial charge in [-0.25, -0.2) is 15.8 Å². The summed E-state index contributed by atoms with van der Waals surface area (Å²) in [7, 11) is 1.76. The Morgan fingerprint density at radius 1 is 1.58 bits per heavy atom. The molecule has 0 aliphatic carbocycles. The molecule has 6 nitrogen and oxygen atoms in total. The molecule has 19 heavy (non-hydrogen) atoms. The number of hydrogen-bond donors (Lipinski definition) is 2. The zero-order valence-electron chi connectivity index (χ0n) is 11.4. The van der Waals surface area contributed by atoms with E-state index in [1.54, 1.807) is 7.11 Å². The van der Waals surface area contributed by atoms with E-state index in [-0.39, 0.29) is 0 Å². The van der Waals surface area contributed by atoms with Crippen LogP contribution >= 0.6 is 11.8 Å². The van der Waals surface area contributed by atoms with Gasteiger partial charge in [0.2, 0.25) is 0 Å². The van der Waals surface area contributed by atoms with E-state index in [0.29, 0.717) is 11.7 Å². The van der Waals surface area contributed by atoms with Crippen molar-refractivity contribution >= 4 is 23.4 Å². The van der Waals surface area contributed by atoms with Gasteiger partial charge >= 0.3 is 0 Å². The number of thioether (sulfide) groups is 1. The van der Waals surface area contributed by atoms with Crippen LogP contribution < -0.4 is 16.2 Å². The van der Waals surface area contributed by atoms with Gasteiger partial charge in [0.1, 0.15) is 11.6 Å². The summed E-state index contributed by atoms with van der Waals surface area (Å²) in [4.78, 5) is 11.1. The first-order chi connectivity index (χ1) is 9.26. The number of aromatic nitrogens is 2. The number of ether oxygens (including phenoxy) is 1.